The van der Waals surface area contributed by atoms with Gasteiger partial charge in [-0.1, -0.05) is 17.7 Å². The first-order chi connectivity index (χ1) is 6.16. The Hall–Kier alpha value is -0.480. The Balaban J connectivity index is 2.81. The summed E-state index contributed by atoms with van der Waals surface area (Å²) in [7, 11) is 0. The molecule has 0 aliphatic rings. The van der Waals surface area contributed by atoms with E-state index in [0.29, 0.717) is 0 Å². The van der Waals surface area contributed by atoms with Gasteiger partial charge in [-0.15, -0.1) is 0 Å². The summed E-state index contributed by atoms with van der Waals surface area (Å²) >= 11 is 8.09. The van der Waals surface area contributed by atoms with Crippen LogP contribution in [-0.2, 0) is 0 Å². The topological polar surface area (TPSA) is 26.0 Å². The highest BCUT2D eigenvalue weighted by Gasteiger charge is 1.99. The number of nitrogens with two attached hydrogens (primary N) is 1. The van der Waals surface area contributed by atoms with Crippen LogP contribution in [0.2, 0.25) is 5.02 Å². The molecule has 0 spiro atoms. The minimum Gasteiger partial charge on any atom is -0.398 e. The van der Waals surface area contributed by atoms with Gasteiger partial charge in [-0.25, -0.2) is 0 Å². The van der Waals surface area contributed by atoms with Gasteiger partial charge < -0.3 is 5.73 Å². The highest BCUT2D eigenvalue weighted by atomic mass is 127. The van der Waals surface area contributed by atoms with Gasteiger partial charge in [-0.2, -0.15) is 0 Å². The Morgan fingerprint density at radius 2 is 1.85 bits per heavy atom. The zero-order chi connectivity index (χ0) is 9.42. The van der Waals surface area contributed by atoms with Crippen LogP contribution in [-0.4, -0.2) is 0 Å². The summed E-state index contributed by atoms with van der Waals surface area (Å²) in [5, 5.41) is 3.00. The van der Waals surface area contributed by atoms with Crippen molar-refractivity contribution in [3.8, 4) is 0 Å². The molecule has 3 heteroatoms. The van der Waals surface area contributed by atoms with Crippen molar-refractivity contribution < 1.29 is 0 Å². The summed E-state index contributed by atoms with van der Waals surface area (Å²) in [6, 6.07) is 9.81. The van der Waals surface area contributed by atoms with Crippen molar-refractivity contribution in [2.75, 3.05) is 5.73 Å². The zero-order valence-corrected chi connectivity index (χ0v) is 9.63. The highest BCUT2D eigenvalue weighted by Crippen LogP contribution is 2.25. The van der Waals surface area contributed by atoms with E-state index < -0.39 is 0 Å². The normalized spacial score (nSPS) is 10.6. The van der Waals surface area contributed by atoms with Gasteiger partial charge in [0.25, 0.3) is 0 Å². The van der Waals surface area contributed by atoms with E-state index in [0.717, 1.165) is 19.7 Å². The van der Waals surface area contributed by atoms with E-state index >= 15 is 0 Å². The molecule has 0 saturated heterocycles. The fraction of sp³-hybridized carbons (Fsp3) is 0. The molecule has 13 heavy (non-hydrogen) atoms. The molecule has 0 fully saturated rings. The molecule has 0 saturated carbocycles. The van der Waals surface area contributed by atoms with Gasteiger partial charge in [0.1, 0.15) is 0 Å². The second-order valence-corrected chi connectivity index (χ2v) is 4.46. The molecule has 2 N–H and O–H groups in total. The van der Waals surface area contributed by atoms with Crippen LogP contribution >= 0.6 is 34.2 Å². The molecular weight excluding hydrogens is 296 g/mol. The lowest BCUT2D eigenvalue weighted by Crippen LogP contribution is -1.88. The molecule has 0 radical (unpaired) electrons. The van der Waals surface area contributed by atoms with Crippen molar-refractivity contribution in [2.24, 2.45) is 0 Å². The number of benzene rings is 2. The minimum absolute atomic E-state index is 0.744. The van der Waals surface area contributed by atoms with Crippen molar-refractivity contribution in [1.29, 1.82) is 0 Å². The first kappa shape index (κ1) is 9.09. The standard InChI is InChI=1S/C10H7ClIN/c11-8-2-1-6-4-9(12)10(13)5-7(6)3-8/h1-5H,13H2. The van der Waals surface area contributed by atoms with E-state index in [1.54, 1.807) is 0 Å². The predicted molar refractivity (Wildman–Crippen MR) is 66.1 cm³/mol. The maximum Gasteiger partial charge on any atom is 0.0456 e. The molecule has 0 amide bonds. The summed E-state index contributed by atoms with van der Waals surface area (Å²) in [5.41, 5.74) is 6.59. The lowest BCUT2D eigenvalue weighted by Gasteiger charge is -2.02. The van der Waals surface area contributed by atoms with E-state index in [9.17, 15) is 0 Å². The van der Waals surface area contributed by atoms with Gasteiger partial charge in [-0.3, -0.25) is 0 Å². The highest BCUT2D eigenvalue weighted by molar-refractivity contribution is 14.1. The van der Waals surface area contributed by atoms with E-state index in [-0.39, 0.29) is 0 Å². The van der Waals surface area contributed by atoms with Crippen LogP contribution in [0, 0.1) is 3.57 Å². The number of fused-ring (bicyclic) bond motifs is 1. The lowest BCUT2D eigenvalue weighted by molar-refractivity contribution is 1.67. The minimum atomic E-state index is 0.744. The van der Waals surface area contributed by atoms with Gasteiger partial charge in [0.05, 0.1) is 0 Å². The molecule has 1 nitrogen and oxygen atoms in total. The molecule has 0 aromatic heterocycles. The average Bonchev–Trinajstić information content (AvgIpc) is 2.08. The van der Waals surface area contributed by atoms with Gasteiger partial charge in [0, 0.05) is 14.3 Å². The Bertz CT molecular complexity index is 468. The quantitative estimate of drug-likeness (QED) is 0.583. The lowest BCUT2D eigenvalue weighted by atomic mass is 10.1. The maximum atomic E-state index is 5.87. The third-order valence-corrected chi connectivity index (χ3v) is 3.09. The fourth-order valence-corrected chi connectivity index (χ4v) is 1.93. The second-order valence-electron chi connectivity index (χ2n) is 2.87. The first-order valence-corrected chi connectivity index (χ1v) is 5.27. The molecule has 0 unspecified atom stereocenters. The molecular formula is C10H7ClIN. The van der Waals surface area contributed by atoms with Gasteiger partial charge in [-0.05, 0) is 57.6 Å². The number of anilines is 1. The maximum absolute atomic E-state index is 5.87. The third kappa shape index (κ3) is 1.74. The summed E-state index contributed by atoms with van der Waals surface area (Å²) in [6.45, 7) is 0. The third-order valence-electron chi connectivity index (χ3n) is 1.92. The molecule has 0 bridgehead atoms. The number of hydrogen-bond donors (Lipinski definition) is 1. The van der Waals surface area contributed by atoms with Crippen molar-refractivity contribution in [3.63, 3.8) is 0 Å². The SMILES string of the molecule is Nc1cc2cc(Cl)ccc2cc1I. The number of hydrogen-bond acceptors (Lipinski definition) is 1. The van der Waals surface area contributed by atoms with E-state index in [2.05, 4.69) is 28.7 Å². The molecule has 66 valence electrons. The summed E-state index contributed by atoms with van der Waals surface area (Å²) in [6.07, 6.45) is 0. The Morgan fingerprint density at radius 3 is 2.62 bits per heavy atom. The van der Waals surface area contributed by atoms with Crippen molar-refractivity contribution in [1.82, 2.24) is 0 Å². The van der Waals surface area contributed by atoms with Gasteiger partial charge in [0.2, 0.25) is 0 Å². The van der Waals surface area contributed by atoms with E-state index in [1.807, 2.05) is 24.3 Å². The van der Waals surface area contributed by atoms with Crippen LogP contribution < -0.4 is 5.73 Å². The smallest absolute Gasteiger partial charge is 0.0456 e. The number of nitrogen functional groups attached to an aromatic ring is 1. The molecule has 2 aromatic rings. The Labute approximate surface area is 95.0 Å². The second kappa shape index (κ2) is 3.35. The van der Waals surface area contributed by atoms with Gasteiger partial charge in [0.15, 0.2) is 0 Å². The van der Waals surface area contributed by atoms with Crippen LogP contribution in [0.15, 0.2) is 30.3 Å². The van der Waals surface area contributed by atoms with Crippen LogP contribution in [0.25, 0.3) is 10.8 Å². The average molecular weight is 304 g/mol. The molecule has 0 aliphatic carbocycles. The van der Waals surface area contributed by atoms with Crippen LogP contribution in [0.5, 0.6) is 0 Å². The molecule has 2 rings (SSSR count). The molecule has 0 atom stereocenters. The molecule has 0 aliphatic heterocycles. The van der Waals surface area contributed by atoms with Gasteiger partial charge >= 0.3 is 0 Å². The fourth-order valence-electron chi connectivity index (χ4n) is 1.26. The van der Waals surface area contributed by atoms with Crippen molar-refractivity contribution in [3.05, 3.63) is 38.9 Å². The largest absolute Gasteiger partial charge is 0.398 e. The Morgan fingerprint density at radius 1 is 1.08 bits per heavy atom. The molecule has 0 heterocycles. The van der Waals surface area contributed by atoms with Crippen molar-refractivity contribution >= 4 is 50.7 Å². The number of rotatable bonds is 0. The summed E-state index contributed by atoms with van der Waals surface area (Å²) in [5.74, 6) is 0. The monoisotopic (exact) mass is 303 g/mol. The predicted octanol–water partition coefficient (Wildman–Crippen LogP) is 3.68. The molecule has 2 aromatic carbocycles. The van der Waals surface area contributed by atoms with E-state index in [1.165, 1.54) is 5.39 Å². The van der Waals surface area contributed by atoms with Crippen LogP contribution in [0.3, 0.4) is 0 Å². The Kier molecular flexibility index (Phi) is 2.34. The number of halogens is 2. The summed E-state index contributed by atoms with van der Waals surface area (Å²) < 4.78 is 1.08. The zero-order valence-electron chi connectivity index (χ0n) is 6.72. The van der Waals surface area contributed by atoms with Crippen molar-refractivity contribution in [2.45, 2.75) is 0 Å². The van der Waals surface area contributed by atoms with Crippen LogP contribution in [0.1, 0.15) is 0 Å². The summed E-state index contributed by atoms with van der Waals surface area (Å²) in [4.78, 5) is 0. The first-order valence-electron chi connectivity index (χ1n) is 3.81. The van der Waals surface area contributed by atoms with E-state index in [4.69, 9.17) is 17.3 Å². The van der Waals surface area contributed by atoms with Crippen LogP contribution in [0.4, 0.5) is 5.69 Å².